The summed E-state index contributed by atoms with van der Waals surface area (Å²) in [6.45, 7) is 6.14. The van der Waals surface area contributed by atoms with Gasteiger partial charge in [-0.05, 0) is 32.1 Å². The maximum Gasteiger partial charge on any atom is -0.0169 e. The van der Waals surface area contributed by atoms with Gasteiger partial charge in [0, 0.05) is 0 Å². The molecule has 0 aromatic heterocycles. The molecule has 20 heavy (non-hydrogen) atoms. The third-order valence-electron chi connectivity index (χ3n) is 3.70. The Labute approximate surface area is 128 Å². The highest BCUT2D eigenvalue weighted by Crippen LogP contribution is 2.09. The number of rotatable bonds is 15. The molecule has 0 bridgehead atoms. The SMILES string of the molecule is [CH2]CCCCCCCCC/C=C/C/C=C/CCCCC. The molecule has 0 saturated carbocycles. The van der Waals surface area contributed by atoms with E-state index in [-0.39, 0.29) is 0 Å². The van der Waals surface area contributed by atoms with Gasteiger partial charge in [-0.1, -0.05) is 95.9 Å². The summed E-state index contributed by atoms with van der Waals surface area (Å²) in [6.07, 6.45) is 27.9. The first-order chi connectivity index (χ1) is 9.91. The number of unbranched alkanes of at least 4 members (excludes halogenated alkanes) is 11. The highest BCUT2D eigenvalue weighted by atomic mass is 14.0. The van der Waals surface area contributed by atoms with Gasteiger partial charge in [0.15, 0.2) is 0 Å². The monoisotopic (exact) mass is 277 g/mol. The van der Waals surface area contributed by atoms with Crippen LogP contribution in [0.15, 0.2) is 24.3 Å². The van der Waals surface area contributed by atoms with Gasteiger partial charge in [0.05, 0.1) is 0 Å². The van der Waals surface area contributed by atoms with Crippen LogP contribution in [0.2, 0.25) is 0 Å². The summed E-state index contributed by atoms with van der Waals surface area (Å²) in [7, 11) is 0. The fraction of sp³-hybridized carbons (Fsp3) is 0.750. The van der Waals surface area contributed by atoms with Crippen LogP contribution in [0.5, 0.6) is 0 Å². The summed E-state index contributed by atoms with van der Waals surface area (Å²) in [5, 5.41) is 0. The highest BCUT2D eigenvalue weighted by Gasteiger charge is 1.90. The number of allylic oxidation sites excluding steroid dienone is 4. The van der Waals surface area contributed by atoms with Crippen LogP contribution in [0.25, 0.3) is 0 Å². The van der Waals surface area contributed by atoms with Gasteiger partial charge in [0.2, 0.25) is 0 Å². The van der Waals surface area contributed by atoms with Crippen molar-refractivity contribution >= 4 is 0 Å². The van der Waals surface area contributed by atoms with Crippen LogP contribution in [-0.2, 0) is 0 Å². The van der Waals surface area contributed by atoms with Gasteiger partial charge in [-0.25, -0.2) is 0 Å². The third kappa shape index (κ3) is 17.5. The summed E-state index contributed by atoms with van der Waals surface area (Å²) in [4.78, 5) is 0. The molecule has 0 fully saturated rings. The molecule has 0 N–H and O–H groups in total. The molecule has 0 heterocycles. The smallest absolute Gasteiger partial charge is 0.0169 e. The average Bonchev–Trinajstić information content (AvgIpc) is 2.47. The Hall–Kier alpha value is -0.520. The number of hydrogen-bond acceptors (Lipinski definition) is 0. The zero-order valence-electron chi connectivity index (χ0n) is 13.9. The van der Waals surface area contributed by atoms with Gasteiger partial charge in [-0.2, -0.15) is 0 Å². The van der Waals surface area contributed by atoms with Gasteiger partial charge >= 0.3 is 0 Å². The van der Waals surface area contributed by atoms with Crippen molar-refractivity contribution in [3.63, 3.8) is 0 Å². The minimum Gasteiger partial charge on any atom is -0.0882 e. The quantitative estimate of drug-likeness (QED) is 0.216. The molecule has 0 unspecified atom stereocenters. The summed E-state index contributed by atoms with van der Waals surface area (Å²) in [6, 6.07) is 0. The predicted octanol–water partition coefficient (Wildman–Crippen LogP) is 7.41. The molecule has 0 atom stereocenters. The molecular weight excluding hydrogens is 240 g/mol. The van der Waals surface area contributed by atoms with Crippen LogP contribution in [0.3, 0.4) is 0 Å². The van der Waals surface area contributed by atoms with Crippen molar-refractivity contribution in [1.29, 1.82) is 0 Å². The molecule has 0 aliphatic carbocycles. The van der Waals surface area contributed by atoms with Gasteiger partial charge in [0.25, 0.3) is 0 Å². The van der Waals surface area contributed by atoms with E-state index in [4.69, 9.17) is 0 Å². The van der Waals surface area contributed by atoms with Gasteiger partial charge < -0.3 is 0 Å². The van der Waals surface area contributed by atoms with Crippen LogP contribution >= 0.6 is 0 Å². The number of hydrogen-bond donors (Lipinski definition) is 0. The van der Waals surface area contributed by atoms with Crippen molar-refractivity contribution in [1.82, 2.24) is 0 Å². The maximum atomic E-state index is 3.88. The summed E-state index contributed by atoms with van der Waals surface area (Å²) in [5.74, 6) is 0. The molecule has 1 radical (unpaired) electrons. The molecule has 0 saturated heterocycles. The van der Waals surface area contributed by atoms with E-state index in [0.29, 0.717) is 0 Å². The molecule has 0 nitrogen and oxygen atoms in total. The van der Waals surface area contributed by atoms with Gasteiger partial charge in [0.1, 0.15) is 0 Å². The average molecular weight is 278 g/mol. The second kappa shape index (κ2) is 18.5. The third-order valence-corrected chi connectivity index (χ3v) is 3.70. The molecule has 117 valence electrons. The fourth-order valence-corrected chi connectivity index (χ4v) is 2.34. The lowest BCUT2D eigenvalue weighted by molar-refractivity contribution is 0.583. The molecule has 0 aliphatic heterocycles. The van der Waals surface area contributed by atoms with E-state index in [1.165, 1.54) is 77.0 Å². The van der Waals surface area contributed by atoms with E-state index in [2.05, 4.69) is 38.2 Å². The van der Waals surface area contributed by atoms with E-state index >= 15 is 0 Å². The standard InChI is InChI=1S/C20H37/c1-3-5-7-9-11-13-15-17-19-20-18-16-14-12-10-8-6-4-2/h12,14,18,20H,1,3-11,13,15-17,19H2,2H3/b14-12+,20-18+. The first-order valence-corrected chi connectivity index (χ1v) is 9.01. The molecule has 0 amide bonds. The summed E-state index contributed by atoms with van der Waals surface area (Å²) >= 11 is 0. The Bertz CT molecular complexity index is 212. The largest absolute Gasteiger partial charge is 0.0882 e. The molecule has 0 aromatic carbocycles. The summed E-state index contributed by atoms with van der Waals surface area (Å²) < 4.78 is 0. The van der Waals surface area contributed by atoms with Crippen molar-refractivity contribution in [2.24, 2.45) is 0 Å². The van der Waals surface area contributed by atoms with E-state index in [9.17, 15) is 0 Å². The second-order valence-corrected chi connectivity index (χ2v) is 5.79. The Morgan fingerprint density at radius 2 is 1.10 bits per heavy atom. The van der Waals surface area contributed by atoms with Crippen LogP contribution in [0, 0.1) is 6.92 Å². The van der Waals surface area contributed by atoms with Crippen LogP contribution in [-0.4, -0.2) is 0 Å². The zero-order chi connectivity index (χ0) is 14.7. The topological polar surface area (TPSA) is 0 Å². The van der Waals surface area contributed by atoms with E-state index < -0.39 is 0 Å². The van der Waals surface area contributed by atoms with Crippen molar-refractivity contribution in [2.45, 2.75) is 96.8 Å². The van der Waals surface area contributed by atoms with Crippen molar-refractivity contribution < 1.29 is 0 Å². The maximum absolute atomic E-state index is 3.88. The Balaban J connectivity index is 3.12. The Morgan fingerprint density at radius 3 is 1.65 bits per heavy atom. The van der Waals surface area contributed by atoms with Crippen molar-refractivity contribution in [3.05, 3.63) is 31.2 Å². The molecular formula is C20H37. The lowest BCUT2D eigenvalue weighted by Crippen LogP contribution is -1.79. The van der Waals surface area contributed by atoms with E-state index in [1.807, 2.05) is 0 Å². The minimum atomic E-state index is 1.11. The van der Waals surface area contributed by atoms with Crippen LogP contribution in [0.4, 0.5) is 0 Å². The second-order valence-electron chi connectivity index (χ2n) is 5.79. The van der Waals surface area contributed by atoms with Crippen LogP contribution < -0.4 is 0 Å². The Morgan fingerprint density at radius 1 is 0.600 bits per heavy atom. The van der Waals surface area contributed by atoms with Crippen molar-refractivity contribution in [2.75, 3.05) is 0 Å². The lowest BCUT2D eigenvalue weighted by atomic mass is 10.1. The highest BCUT2D eigenvalue weighted by molar-refractivity contribution is 4.92. The first-order valence-electron chi connectivity index (χ1n) is 9.01. The van der Waals surface area contributed by atoms with Gasteiger partial charge in [-0.15, -0.1) is 0 Å². The van der Waals surface area contributed by atoms with E-state index in [0.717, 1.165) is 12.8 Å². The van der Waals surface area contributed by atoms with Crippen LogP contribution in [0.1, 0.15) is 96.8 Å². The first kappa shape index (κ1) is 19.5. The fourth-order valence-electron chi connectivity index (χ4n) is 2.34. The normalized spacial score (nSPS) is 11.9. The molecule has 0 rings (SSSR count). The van der Waals surface area contributed by atoms with E-state index in [1.54, 1.807) is 0 Å². The molecule has 0 heteroatoms. The minimum absolute atomic E-state index is 1.11. The zero-order valence-corrected chi connectivity index (χ0v) is 13.9. The van der Waals surface area contributed by atoms with Gasteiger partial charge in [-0.3, -0.25) is 0 Å². The molecule has 0 spiro atoms. The molecule has 0 aliphatic rings. The lowest BCUT2D eigenvalue weighted by Gasteiger charge is -1.99. The van der Waals surface area contributed by atoms with Crippen molar-refractivity contribution in [3.8, 4) is 0 Å². The molecule has 0 aromatic rings. The Kier molecular flexibility index (Phi) is 18.0. The predicted molar refractivity (Wildman–Crippen MR) is 93.9 cm³/mol. The summed E-state index contributed by atoms with van der Waals surface area (Å²) in [5.41, 5.74) is 0.